The van der Waals surface area contributed by atoms with Gasteiger partial charge in [-0.3, -0.25) is 0 Å². The Hall–Kier alpha value is -0.650. The van der Waals surface area contributed by atoms with Crippen molar-refractivity contribution in [2.45, 2.75) is 57.7 Å². The van der Waals surface area contributed by atoms with Gasteiger partial charge >= 0.3 is 0 Å². The first-order chi connectivity index (χ1) is 8.76. The molecule has 5 heteroatoms. The van der Waals surface area contributed by atoms with E-state index in [9.17, 15) is 5.11 Å². The lowest BCUT2D eigenvalue weighted by atomic mass is 9.96. The molecule has 5 nitrogen and oxygen atoms in total. The van der Waals surface area contributed by atoms with Crippen LogP contribution in [0.25, 0.3) is 0 Å². The highest BCUT2D eigenvalue weighted by Gasteiger charge is 2.19. The molecular weight excluding hydrogens is 234 g/mol. The maximum absolute atomic E-state index is 9.66. The van der Waals surface area contributed by atoms with Crippen molar-refractivity contribution in [2.75, 3.05) is 19.8 Å². The molecule has 0 aliphatic heterocycles. The van der Waals surface area contributed by atoms with E-state index in [0.717, 1.165) is 44.2 Å². The van der Waals surface area contributed by atoms with Gasteiger partial charge in [0, 0.05) is 6.61 Å². The average Bonchev–Trinajstić information content (AvgIpc) is 2.42. The van der Waals surface area contributed by atoms with Gasteiger partial charge in [-0.2, -0.15) is 0 Å². The van der Waals surface area contributed by atoms with Gasteiger partial charge in [-0.1, -0.05) is 18.5 Å². The third kappa shape index (κ3) is 6.33. The molecule has 0 spiro atoms. The predicted octanol–water partition coefficient (Wildman–Crippen LogP) is 1.95. The standard InChI is InChI=1S/C13H25NO4/c1-2-3-8-17-9-12(15)10-18-13-6-4-11(14-16)5-7-13/h12-13,15-16H,2-10H2,1H3. The van der Waals surface area contributed by atoms with Gasteiger partial charge in [-0.25, -0.2) is 0 Å². The zero-order chi connectivity index (χ0) is 13.2. The molecule has 0 amide bonds. The summed E-state index contributed by atoms with van der Waals surface area (Å²) in [6.07, 6.45) is 5.04. The Kier molecular flexibility index (Phi) is 7.96. The summed E-state index contributed by atoms with van der Waals surface area (Å²) in [5.41, 5.74) is 0.846. The van der Waals surface area contributed by atoms with E-state index < -0.39 is 6.10 Å². The number of rotatable bonds is 8. The van der Waals surface area contributed by atoms with Crippen LogP contribution in [-0.4, -0.2) is 48.1 Å². The van der Waals surface area contributed by atoms with Crippen LogP contribution < -0.4 is 0 Å². The minimum Gasteiger partial charge on any atom is -0.411 e. The highest BCUT2D eigenvalue weighted by molar-refractivity contribution is 5.84. The van der Waals surface area contributed by atoms with Crippen molar-refractivity contribution in [3.8, 4) is 0 Å². The molecule has 1 unspecified atom stereocenters. The van der Waals surface area contributed by atoms with E-state index in [1.165, 1.54) is 0 Å². The van der Waals surface area contributed by atoms with Gasteiger partial charge in [0.2, 0.25) is 0 Å². The largest absolute Gasteiger partial charge is 0.411 e. The van der Waals surface area contributed by atoms with Gasteiger partial charge in [0.15, 0.2) is 0 Å². The van der Waals surface area contributed by atoms with E-state index in [2.05, 4.69) is 12.1 Å². The van der Waals surface area contributed by atoms with Crippen LogP contribution in [0.1, 0.15) is 45.4 Å². The number of ether oxygens (including phenoxy) is 2. The molecule has 106 valence electrons. The molecular formula is C13H25NO4. The average molecular weight is 259 g/mol. The normalized spacial score (nSPS) is 21.9. The molecule has 0 aromatic heterocycles. The SMILES string of the molecule is CCCCOCC(O)COC1CCC(=NO)CC1. The lowest BCUT2D eigenvalue weighted by molar-refractivity contribution is -0.0490. The number of hydrogen-bond acceptors (Lipinski definition) is 5. The number of aliphatic hydroxyl groups is 1. The van der Waals surface area contributed by atoms with Crippen LogP contribution in [0.3, 0.4) is 0 Å². The minimum atomic E-state index is -0.547. The third-order valence-electron chi connectivity index (χ3n) is 3.13. The zero-order valence-corrected chi connectivity index (χ0v) is 11.2. The Morgan fingerprint density at radius 3 is 2.67 bits per heavy atom. The smallest absolute Gasteiger partial charge is 0.101 e. The van der Waals surface area contributed by atoms with Crippen molar-refractivity contribution >= 4 is 5.71 Å². The van der Waals surface area contributed by atoms with E-state index in [0.29, 0.717) is 19.8 Å². The third-order valence-corrected chi connectivity index (χ3v) is 3.13. The van der Waals surface area contributed by atoms with Crippen LogP contribution in [0.5, 0.6) is 0 Å². The maximum atomic E-state index is 9.66. The molecule has 18 heavy (non-hydrogen) atoms. The summed E-state index contributed by atoms with van der Waals surface area (Å²) in [6.45, 7) is 3.47. The monoisotopic (exact) mass is 259 g/mol. The van der Waals surface area contributed by atoms with E-state index in [1.807, 2.05) is 0 Å². The second-order valence-corrected chi connectivity index (χ2v) is 4.78. The molecule has 0 bridgehead atoms. The fraction of sp³-hybridized carbons (Fsp3) is 0.923. The van der Waals surface area contributed by atoms with E-state index in [1.54, 1.807) is 0 Å². The minimum absolute atomic E-state index is 0.167. The molecule has 0 aromatic rings. The molecule has 2 N–H and O–H groups in total. The van der Waals surface area contributed by atoms with Gasteiger partial charge < -0.3 is 19.8 Å². The Labute approximate surface area is 109 Å². The summed E-state index contributed by atoms with van der Waals surface area (Å²) in [5, 5.41) is 21.5. The molecule has 1 atom stereocenters. The van der Waals surface area contributed by atoms with Gasteiger partial charge in [0.1, 0.15) is 6.10 Å². The summed E-state index contributed by atoms with van der Waals surface area (Å²) in [7, 11) is 0. The molecule has 1 aliphatic carbocycles. The maximum Gasteiger partial charge on any atom is 0.101 e. The molecule has 0 aromatic carbocycles. The van der Waals surface area contributed by atoms with Crippen molar-refractivity contribution in [3.63, 3.8) is 0 Å². The first-order valence-electron chi connectivity index (χ1n) is 6.83. The van der Waals surface area contributed by atoms with Crippen molar-refractivity contribution < 1.29 is 19.8 Å². The summed E-state index contributed by atoms with van der Waals surface area (Å²) in [6, 6.07) is 0. The van der Waals surface area contributed by atoms with Gasteiger partial charge in [-0.05, 0) is 32.1 Å². The van der Waals surface area contributed by atoms with Crippen molar-refractivity contribution in [1.82, 2.24) is 0 Å². The second kappa shape index (κ2) is 9.30. The number of unbranched alkanes of at least 4 members (excludes halogenated alkanes) is 1. The fourth-order valence-corrected chi connectivity index (χ4v) is 1.95. The molecule has 1 saturated carbocycles. The quantitative estimate of drug-likeness (QED) is 0.397. The summed E-state index contributed by atoms with van der Waals surface area (Å²) in [5.74, 6) is 0. The topological polar surface area (TPSA) is 71.3 Å². The van der Waals surface area contributed by atoms with Crippen LogP contribution >= 0.6 is 0 Å². The second-order valence-electron chi connectivity index (χ2n) is 4.78. The van der Waals surface area contributed by atoms with Crippen LogP contribution in [0.15, 0.2) is 5.16 Å². The number of oxime groups is 1. The summed E-state index contributed by atoms with van der Waals surface area (Å²) in [4.78, 5) is 0. The van der Waals surface area contributed by atoms with Crippen molar-refractivity contribution in [3.05, 3.63) is 0 Å². The first kappa shape index (κ1) is 15.4. The molecule has 1 aliphatic rings. The lowest BCUT2D eigenvalue weighted by Gasteiger charge is -2.24. The number of aliphatic hydroxyl groups excluding tert-OH is 1. The Bertz CT molecular complexity index is 235. The molecule has 1 fully saturated rings. The van der Waals surface area contributed by atoms with Gasteiger partial charge in [-0.15, -0.1) is 0 Å². The molecule has 0 saturated heterocycles. The van der Waals surface area contributed by atoms with E-state index in [-0.39, 0.29) is 6.10 Å². The summed E-state index contributed by atoms with van der Waals surface area (Å²) >= 11 is 0. The lowest BCUT2D eigenvalue weighted by Crippen LogP contribution is -2.28. The zero-order valence-electron chi connectivity index (χ0n) is 11.2. The molecule has 1 rings (SSSR count). The van der Waals surface area contributed by atoms with Crippen LogP contribution in [-0.2, 0) is 9.47 Å². The van der Waals surface area contributed by atoms with Crippen LogP contribution in [0.2, 0.25) is 0 Å². The Balaban J connectivity index is 2.02. The Morgan fingerprint density at radius 2 is 2.06 bits per heavy atom. The van der Waals surface area contributed by atoms with Gasteiger partial charge in [0.05, 0.1) is 25.0 Å². The number of nitrogens with zero attached hydrogens (tertiary/aromatic N) is 1. The first-order valence-corrected chi connectivity index (χ1v) is 6.83. The van der Waals surface area contributed by atoms with Crippen molar-refractivity contribution in [1.29, 1.82) is 0 Å². The van der Waals surface area contributed by atoms with E-state index >= 15 is 0 Å². The fourth-order valence-electron chi connectivity index (χ4n) is 1.95. The molecule has 0 heterocycles. The summed E-state index contributed by atoms with van der Waals surface area (Å²) < 4.78 is 11.0. The van der Waals surface area contributed by atoms with Crippen molar-refractivity contribution in [2.24, 2.45) is 5.16 Å². The molecule has 0 radical (unpaired) electrons. The predicted molar refractivity (Wildman–Crippen MR) is 69.2 cm³/mol. The van der Waals surface area contributed by atoms with Gasteiger partial charge in [0.25, 0.3) is 0 Å². The highest BCUT2D eigenvalue weighted by Crippen LogP contribution is 2.19. The number of hydrogen-bond donors (Lipinski definition) is 2. The van der Waals surface area contributed by atoms with Crippen LogP contribution in [0, 0.1) is 0 Å². The van der Waals surface area contributed by atoms with E-state index in [4.69, 9.17) is 14.7 Å². The van der Waals surface area contributed by atoms with Crippen LogP contribution in [0.4, 0.5) is 0 Å². The Morgan fingerprint density at radius 1 is 1.33 bits per heavy atom. The highest BCUT2D eigenvalue weighted by atomic mass is 16.5.